The summed E-state index contributed by atoms with van der Waals surface area (Å²) in [6.07, 6.45) is 5.72. The molecular formula is C16H15N5O. The highest BCUT2D eigenvalue weighted by molar-refractivity contribution is 5.97. The number of carbonyl (C=O) groups excluding carboxylic acids is 1. The van der Waals surface area contributed by atoms with E-state index in [4.69, 9.17) is 5.26 Å². The number of amides is 1. The van der Waals surface area contributed by atoms with Gasteiger partial charge in [-0.3, -0.25) is 4.79 Å². The molecule has 0 aliphatic rings. The van der Waals surface area contributed by atoms with E-state index in [1.54, 1.807) is 13.2 Å². The van der Waals surface area contributed by atoms with E-state index in [9.17, 15) is 4.79 Å². The van der Waals surface area contributed by atoms with Gasteiger partial charge in [0.25, 0.3) is 5.91 Å². The highest BCUT2D eigenvalue weighted by Crippen LogP contribution is 2.27. The van der Waals surface area contributed by atoms with Crippen LogP contribution in [0.25, 0.3) is 22.2 Å². The smallest absolute Gasteiger partial charge is 0.270 e. The maximum absolute atomic E-state index is 12.3. The van der Waals surface area contributed by atoms with Gasteiger partial charge in [0.2, 0.25) is 0 Å². The van der Waals surface area contributed by atoms with Crippen molar-refractivity contribution in [1.82, 2.24) is 19.9 Å². The molecule has 3 aromatic heterocycles. The van der Waals surface area contributed by atoms with Crippen LogP contribution in [0.15, 0.2) is 36.8 Å². The average molecular weight is 293 g/mol. The quantitative estimate of drug-likeness (QED) is 0.774. The van der Waals surface area contributed by atoms with Gasteiger partial charge in [0.15, 0.2) is 0 Å². The van der Waals surface area contributed by atoms with Gasteiger partial charge in [-0.2, -0.15) is 5.26 Å². The number of nitrogens with zero attached hydrogens (tertiary/aromatic N) is 3. The van der Waals surface area contributed by atoms with Crippen LogP contribution < -0.4 is 0 Å². The van der Waals surface area contributed by atoms with Crippen LogP contribution in [0.3, 0.4) is 0 Å². The van der Waals surface area contributed by atoms with Crippen molar-refractivity contribution in [1.29, 1.82) is 5.26 Å². The van der Waals surface area contributed by atoms with Crippen LogP contribution in [0.2, 0.25) is 0 Å². The van der Waals surface area contributed by atoms with Crippen molar-refractivity contribution < 1.29 is 4.79 Å². The van der Waals surface area contributed by atoms with Crippen LogP contribution in [0, 0.1) is 11.3 Å². The lowest BCUT2D eigenvalue weighted by molar-refractivity contribution is 0.0793. The minimum atomic E-state index is -0.124. The largest absolute Gasteiger partial charge is 0.357 e. The zero-order valence-corrected chi connectivity index (χ0v) is 12.1. The molecule has 3 rings (SSSR count). The number of aromatic nitrogens is 3. The van der Waals surface area contributed by atoms with Gasteiger partial charge in [-0.1, -0.05) is 0 Å². The molecule has 0 radical (unpaired) electrons. The summed E-state index contributed by atoms with van der Waals surface area (Å²) in [5.41, 5.74) is 3.28. The predicted molar refractivity (Wildman–Crippen MR) is 83.1 cm³/mol. The molecule has 0 atom stereocenters. The van der Waals surface area contributed by atoms with Crippen LogP contribution >= 0.6 is 0 Å². The summed E-state index contributed by atoms with van der Waals surface area (Å²) in [6, 6.07) is 7.75. The van der Waals surface area contributed by atoms with Gasteiger partial charge in [-0.05, 0) is 23.8 Å². The third-order valence-corrected chi connectivity index (χ3v) is 3.59. The third kappa shape index (κ3) is 2.44. The van der Waals surface area contributed by atoms with Crippen LogP contribution in [0.1, 0.15) is 16.9 Å². The Kier molecular flexibility index (Phi) is 3.62. The minimum Gasteiger partial charge on any atom is -0.357 e. The monoisotopic (exact) mass is 293 g/mol. The average Bonchev–Trinajstić information content (AvgIpc) is 3.20. The van der Waals surface area contributed by atoms with Crippen LogP contribution in [0.5, 0.6) is 0 Å². The van der Waals surface area contributed by atoms with Gasteiger partial charge in [-0.25, -0.2) is 4.98 Å². The number of pyridine rings is 1. The molecule has 3 heterocycles. The first-order chi connectivity index (χ1) is 10.7. The molecule has 0 saturated heterocycles. The Balaban J connectivity index is 1.89. The lowest BCUT2D eigenvalue weighted by Crippen LogP contribution is -2.27. The van der Waals surface area contributed by atoms with E-state index in [0.29, 0.717) is 18.7 Å². The molecule has 0 spiro atoms. The Morgan fingerprint density at radius 2 is 2.27 bits per heavy atom. The lowest BCUT2D eigenvalue weighted by Gasteiger charge is -2.13. The van der Waals surface area contributed by atoms with E-state index in [1.165, 1.54) is 4.90 Å². The second kappa shape index (κ2) is 5.74. The number of hydrogen-bond acceptors (Lipinski definition) is 3. The summed E-state index contributed by atoms with van der Waals surface area (Å²) in [4.78, 5) is 24.2. The van der Waals surface area contributed by atoms with Gasteiger partial charge in [0.1, 0.15) is 11.3 Å². The Bertz CT molecular complexity index is 855. The van der Waals surface area contributed by atoms with E-state index >= 15 is 0 Å². The zero-order valence-electron chi connectivity index (χ0n) is 12.1. The fourth-order valence-corrected chi connectivity index (χ4v) is 2.41. The van der Waals surface area contributed by atoms with Crippen molar-refractivity contribution in [2.75, 3.05) is 13.6 Å². The predicted octanol–water partition coefficient (Wildman–Crippen LogP) is 2.54. The van der Waals surface area contributed by atoms with Crippen molar-refractivity contribution in [3.8, 4) is 17.2 Å². The number of H-pyrrole nitrogens is 2. The van der Waals surface area contributed by atoms with Crippen molar-refractivity contribution in [2.24, 2.45) is 0 Å². The van der Waals surface area contributed by atoms with Crippen LogP contribution in [0.4, 0.5) is 0 Å². The second-order valence-electron chi connectivity index (χ2n) is 5.04. The lowest BCUT2D eigenvalue weighted by atomic mass is 10.1. The van der Waals surface area contributed by atoms with E-state index in [2.05, 4.69) is 15.0 Å². The molecule has 3 aromatic rings. The number of carbonyl (C=O) groups is 1. The summed E-state index contributed by atoms with van der Waals surface area (Å²) in [7, 11) is 1.69. The minimum absolute atomic E-state index is 0.124. The number of hydrogen-bond donors (Lipinski definition) is 2. The van der Waals surface area contributed by atoms with Crippen molar-refractivity contribution >= 4 is 16.9 Å². The summed E-state index contributed by atoms with van der Waals surface area (Å²) in [5, 5.41) is 9.61. The summed E-state index contributed by atoms with van der Waals surface area (Å²) >= 11 is 0. The molecule has 6 heteroatoms. The molecule has 22 heavy (non-hydrogen) atoms. The molecule has 2 N–H and O–H groups in total. The van der Waals surface area contributed by atoms with Crippen LogP contribution in [-0.4, -0.2) is 39.4 Å². The van der Waals surface area contributed by atoms with E-state index in [0.717, 1.165) is 22.2 Å². The first-order valence-corrected chi connectivity index (χ1v) is 6.94. The maximum atomic E-state index is 12.3. The topological polar surface area (TPSA) is 88.6 Å². The van der Waals surface area contributed by atoms with E-state index in [-0.39, 0.29) is 5.91 Å². The Morgan fingerprint density at radius 3 is 3.09 bits per heavy atom. The van der Waals surface area contributed by atoms with Gasteiger partial charge in [0, 0.05) is 43.1 Å². The molecular weight excluding hydrogens is 278 g/mol. The molecule has 6 nitrogen and oxygen atoms in total. The molecule has 0 bridgehead atoms. The zero-order chi connectivity index (χ0) is 15.5. The SMILES string of the molecule is CN(CCC#N)C(=O)c1cc(-c2ccnc3[nH]ccc23)c[nH]1. The molecule has 0 saturated carbocycles. The highest BCUT2D eigenvalue weighted by atomic mass is 16.2. The normalized spacial score (nSPS) is 10.5. The number of nitrogens with one attached hydrogen (secondary N) is 2. The summed E-state index contributed by atoms with van der Waals surface area (Å²) in [6.45, 7) is 0.418. The Morgan fingerprint density at radius 1 is 1.41 bits per heavy atom. The second-order valence-corrected chi connectivity index (χ2v) is 5.04. The van der Waals surface area contributed by atoms with Crippen molar-refractivity contribution in [3.05, 3.63) is 42.5 Å². The summed E-state index contributed by atoms with van der Waals surface area (Å²) in [5.74, 6) is -0.124. The van der Waals surface area contributed by atoms with Gasteiger partial charge < -0.3 is 14.9 Å². The Labute approximate surface area is 127 Å². The van der Waals surface area contributed by atoms with Crippen molar-refractivity contribution in [3.63, 3.8) is 0 Å². The Hall–Kier alpha value is -3.07. The van der Waals surface area contributed by atoms with Gasteiger partial charge in [0.05, 0.1) is 12.5 Å². The fourth-order valence-electron chi connectivity index (χ4n) is 2.41. The third-order valence-electron chi connectivity index (χ3n) is 3.59. The number of fused-ring (bicyclic) bond motifs is 1. The molecule has 0 aromatic carbocycles. The number of rotatable bonds is 4. The van der Waals surface area contributed by atoms with Crippen LogP contribution in [-0.2, 0) is 0 Å². The molecule has 0 aliphatic carbocycles. The molecule has 110 valence electrons. The number of nitriles is 1. The standard InChI is InChI=1S/C16H15N5O/c1-21(8-2-5-17)16(22)14-9-11(10-20-14)12-3-6-18-15-13(12)4-7-19-15/h3-4,6-7,9-10,20H,2,8H2,1H3,(H,18,19). The van der Waals surface area contributed by atoms with Gasteiger partial charge in [-0.15, -0.1) is 0 Å². The van der Waals surface area contributed by atoms with E-state index < -0.39 is 0 Å². The van der Waals surface area contributed by atoms with Crippen molar-refractivity contribution in [2.45, 2.75) is 6.42 Å². The highest BCUT2D eigenvalue weighted by Gasteiger charge is 2.15. The van der Waals surface area contributed by atoms with Gasteiger partial charge >= 0.3 is 0 Å². The summed E-state index contributed by atoms with van der Waals surface area (Å²) < 4.78 is 0. The number of aromatic amines is 2. The van der Waals surface area contributed by atoms with E-state index in [1.807, 2.05) is 36.7 Å². The first-order valence-electron chi connectivity index (χ1n) is 6.94. The maximum Gasteiger partial charge on any atom is 0.270 e. The molecule has 1 amide bonds. The molecule has 0 aliphatic heterocycles. The first kappa shape index (κ1) is 13.9. The molecule has 0 fully saturated rings. The molecule has 0 unspecified atom stereocenters. The fraction of sp³-hybridized carbons (Fsp3) is 0.188.